The summed E-state index contributed by atoms with van der Waals surface area (Å²) in [5.74, 6) is 1.45. The molecule has 2 aromatic rings. The molecule has 5 nitrogen and oxygen atoms in total. The van der Waals surface area contributed by atoms with E-state index < -0.39 is 0 Å². The molecule has 0 radical (unpaired) electrons. The number of nitrogens with zero attached hydrogens (tertiary/aromatic N) is 2. The number of ether oxygens (including phenoxy) is 2. The molecule has 0 saturated heterocycles. The van der Waals surface area contributed by atoms with Crippen molar-refractivity contribution in [3.63, 3.8) is 0 Å². The molecule has 7 heteroatoms. The fourth-order valence-corrected chi connectivity index (χ4v) is 2.39. The third-order valence-electron chi connectivity index (χ3n) is 3.10. The molecule has 2 rings (SSSR count). The van der Waals surface area contributed by atoms with Crippen LogP contribution in [-0.2, 0) is 20.1 Å². The van der Waals surface area contributed by atoms with Crippen molar-refractivity contribution in [2.24, 2.45) is 7.05 Å². The maximum atomic E-state index is 5.32. The van der Waals surface area contributed by atoms with Crippen molar-refractivity contribution in [2.75, 3.05) is 14.2 Å². The van der Waals surface area contributed by atoms with E-state index in [0.717, 1.165) is 40.3 Å². The topological polar surface area (TPSA) is 48.3 Å². The molecule has 0 fully saturated rings. The molecule has 0 amide bonds. The van der Waals surface area contributed by atoms with E-state index in [2.05, 4.69) is 26.3 Å². The molecule has 0 bridgehead atoms. The van der Waals surface area contributed by atoms with Crippen LogP contribution in [0.3, 0.4) is 0 Å². The van der Waals surface area contributed by atoms with Gasteiger partial charge in [0.2, 0.25) is 0 Å². The smallest absolute Gasteiger partial charge is 0.161 e. The number of aryl methyl sites for hydroxylation is 1. The zero-order valence-corrected chi connectivity index (χ0v) is 14.6. The van der Waals surface area contributed by atoms with Gasteiger partial charge in [-0.1, -0.05) is 15.9 Å². The highest BCUT2D eigenvalue weighted by molar-refractivity contribution is 9.10. The number of halogens is 2. The Morgan fingerprint density at radius 3 is 2.43 bits per heavy atom. The van der Waals surface area contributed by atoms with Crippen LogP contribution >= 0.6 is 28.3 Å². The van der Waals surface area contributed by atoms with Crippen LogP contribution in [0.25, 0.3) is 0 Å². The van der Waals surface area contributed by atoms with Crippen LogP contribution in [0.15, 0.2) is 28.9 Å². The van der Waals surface area contributed by atoms with Gasteiger partial charge in [-0.05, 0) is 23.8 Å². The second-order valence-electron chi connectivity index (χ2n) is 4.35. The van der Waals surface area contributed by atoms with Gasteiger partial charge in [0.15, 0.2) is 11.5 Å². The minimum atomic E-state index is 0. The Hall–Kier alpha value is -1.24. The average molecular weight is 377 g/mol. The molecule has 1 aromatic carbocycles. The number of nitrogens with one attached hydrogen (secondary N) is 1. The van der Waals surface area contributed by atoms with E-state index in [1.165, 1.54) is 0 Å². The second-order valence-corrected chi connectivity index (χ2v) is 5.20. The average Bonchev–Trinajstić information content (AvgIpc) is 2.85. The monoisotopic (exact) mass is 375 g/mol. The van der Waals surface area contributed by atoms with E-state index in [1.54, 1.807) is 20.4 Å². The maximum absolute atomic E-state index is 5.32. The molecule has 0 saturated carbocycles. The standard InChI is InChI=1S/C14H18BrN3O2.ClH/c1-18-11(4-5-17-18)9-16-8-10-6-13(19-2)14(20-3)7-12(10)15;/h4-7,16H,8-9H2,1-3H3;1H. The summed E-state index contributed by atoms with van der Waals surface area (Å²) in [5, 5.41) is 7.53. The maximum Gasteiger partial charge on any atom is 0.161 e. The summed E-state index contributed by atoms with van der Waals surface area (Å²) in [5.41, 5.74) is 2.26. The van der Waals surface area contributed by atoms with Crippen molar-refractivity contribution in [1.82, 2.24) is 15.1 Å². The number of hydrogen-bond donors (Lipinski definition) is 1. The Balaban J connectivity index is 0.00000220. The van der Waals surface area contributed by atoms with E-state index in [9.17, 15) is 0 Å². The van der Waals surface area contributed by atoms with Crippen LogP contribution < -0.4 is 14.8 Å². The lowest BCUT2D eigenvalue weighted by Crippen LogP contribution is -2.15. The van der Waals surface area contributed by atoms with Crippen molar-refractivity contribution in [3.05, 3.63) is 40.1 Å². The second kappa shape index (κ2) is 8.26. The van der Waals surface area contributed by atoms with Crippen molar-refractivity contribution in [1.29, 1.82) is 0 Å². The normalized spacial score (nSPS) is 10.1. The van der Waals surface area contributed by atoms with Gasteiger partial charge in [0.05, 0.1) is 19.9 Å². The van der Waals surface area contributed by atoms with Gasteiger partial charge >= 0.3 is 0 Å². The van der Waals surface area contributed by atoms with Gasteiger partial charge < -0.3 is 14.8 Å². The van der Waals surface area contributed by atoms with Gasteiger partial charge in [-0.15, -0.1) is 12.4 Å². The number of benzene rings is 1. The van der Waals surface area contributed by atoms with Crippen molar-refractivity contribution >= 4 is 28.3 Å². The molecule has 21 heavy (non-hydrogen) atoms. The molecule has 1 aromatic heterocycles. The molecule has 0 atom stereocenters. The number of hydrogen-bond acceptors (Lipinski definition) is 4. The summed E-state index contributed by atoms with van der Waals surface area (Å²) in [7, 11) is 5.20. The Kier molecular flexibility index (Phi) is 7.01. The molecule has 0 unspecified atom stereocenters. The van der Waals surface area contributed by atoms with E-state index in [4.69, 9.17) is 9.47 Å². The highest BCUT2D eigenvalue weighted by Crippen LogP contribution is 2.33. The predicted molar refractivity (Wildman–Crippen MR) is 88.2 cm³/mol. The fraction of sp³-hybridized carbons (Fsp3) is 0.357. The van der Waals surface area contributed by atoms with Gasteiger partial charge in [0.25, 0.3) is 0 Å². The van der Waals surface area contributed by atoms with Gasteiger partial charge in [-0.3, -0.25) is 4.68 Å². The summed E-state index contributed by atoms with van der Waals surface area (Å²) >= 11 is 3.55. The molecule has 1 N–H and O–H groups in total. The minimum Gasteiger partial charge on any atom is -0.493 e. The molecule has 116 valence electrons. The zero-order valence-electron chi connectivity index (χ0n) is 12.2. The van der Waals surface area contributed by atoms with E-state index in [-0.39, 0.29) is 12.4 Å². The van der Waals surface area contributed by atoms with Crippen LogP contribution in [0.5, 0.6) is 11.5 Å². The van der Waals surface area contributed by atoms with Gasteiger partial charge in [0, 0.05) is 30.8 Å². The minimum absolute atomic E-state index is 0. The lowest BCUT2D eigenvalue weighted by Gasteiger charge is -2.12. The summed E-state index contributed by atoms with van der Waals surface area (Å²) in [6.45, 7) is 1.49. The fourth-order valence-electron chi connectivity index (χ4n) is 1.93. The molecule has 0 aliphatic heterocycles. The summed E-state index contributed by atoms with van der Waals surface area (Å²) in [6.07, 6.45) is 1.79. The number of aromatic nitrogens is 2. The highest BCUT2D eigenvalue weighted by atomic mass is 79.9. The molecule has 1 heterocycles. The molecular formula is C14H19BrClN3O2. The van der Waals surface area contributed by atoms with E-state index >= 15 is 0 Å². The van der Waals surface area contributed by atoms with E-state index in [0.29, 0.717) is 0 Å². The first-order valence-electron chi connectivity index (χ1n) is 6.23. The molecular weight excluding hydrogens is 358 g/mol. The van der Waals surface area contributed by atoms with Crippen LogP contribution in [0, 0.1) is 0 Å². The first-order chi connectivity index (χ1) is 9.65. The predicted octanol–water partition coefficient (Wildman–Crippen LogP) is 2.91. The zero-order chi connectivity index (χ0) is 14.5. The highest BCUT2D eigenvalue weighted by Gasteiger charge is 2.09. The van der Waals surface area contributed by atoms with Crippen molar-refractivity contribution < 1.29 is 9.47 Å². The number of rotatable bonds is 6. The lowest BCUT2D eigenvalue weighted by atomic mass is 10.2. The summed E-state index contributed by atoms with van der Waals surface area (Å²) in [6, 6.07) is 5.88. The molecule has 0 aliphatic rings. The SMILES string of the molecule is COc1cc(Br)c(CNCc2ccnn2C)cc1OC.Cl. The molecule has 0 spiro atoms. The van der Waals surface area contributed by atoms with Crippen LogP contribution in [0.1, 0.15) is 11.3 Å². The first kappa shape index (κ1) is 17.8. The Bertz CT molecular complexity index is 590. The third kappa shape index (κ3) is 4.36. The van der Waals surface area contributed by atoms with Crippen LogP contribution in [-0.4, -0.2) is 24.0 Å². The van der Waals surface area contributed by atoms with E-state index in [1.807, 2.05) is 29.9 Å². The Morgan fingerprint density at radius 2 is 1.86 bits per heavy atom. The Morgan fingerprint density at radius 1 is 1.19 bits per heavy atom. The largest absolute Gasteiger partial charge is 0.493 e. The lowest BCUT2D eigenvalue weighted by molar-refractivity contribution is 0.354. The number of methoxy groups -OCH3 is 2. The van der Waals surface area contributed by atoms with Crippen LogP contribution in [0.2, 0.25) is 0 Å². The van der Waals surface area contributed by atoms with Crippen molar-refractivity contribution in [3.8, 4) is 11.5 Å². The van der Waals surface area contributed by atoms with Gasteiger partial charge in [0.1, 0.15) is 0 Å². The van der Waals surface area contributed by atoms with Crippen molar-refractivity contribution in [2.45, 2.75) is 13.1 Å². The summed E-state index contributed by atoms with van der Waals surface area (Å²) in [4.78, 5) is 0. The molecule has 0 aliphatic carbocycles. The van der Waals surface area contributed by atoms with Crippen LogP contribution in [0.4, 0.5) is 0 Å². The summed E-state index contributed by atoms with van der Waals surface area (Å²) < 4.78 is 13.4. The van der Waals surface area contributed by atoms with Gasteiger partial charge in [-0.25, -0.2) is 0 Å². The quantitative estimate of drug-likeness (QED) is 0.842. The Labute approximate surface area is 139 Å². The first-order valence-corrected chi connectivity index (χ1v) is 7.03. The van der Waals surface area contributed by atoms with Gasteiger partial charge in [-0.2, -0.15) is 5.10 Å². The third-order valence-corrected chi connectivity index (χ3v) is 3.83.